The molecule has 40 heavy (non-hydrogen) atoms. The zero-order valence-corrected chi connectivity index (χ0v) is 21.5. The van der Waals surface area contributed by atoms with Crippen LogP contribution in [0.15, 0.2) is 60.7 Å². The first-order valence-electron chi connectivity index (χ1n) is 13.1. The molecular weight excluding hydrogens is 528 g/mol. The molecule has 1 saturated carbocycles. The van der Waals surface area contributed by atoms with Gasteiger partial charge in [0.1, 0.15) is 18.2 Å². The lowest BCUT2D eigenvalue weighted by atomic mass is 9.77. The fraction of sp³-hybridized carbons (Fsp3) is 0.333. The van der Waals surface area contributed by atoms with Gasteiger partial charge in [-0.15, -0.1) is 0 Å². The Morgan fingerprint density at radius 2 is 1.65 bits per heavy atom. The minimum atomic E-state index is -4.84. The van der Waals surface area contributed by atoms with Crippen molar-refractivity contribution in [1.82, 2.24) is 0 Å². The molecule has 0 atom stereocenters. The van der Waals surface area contributed by atoms with E-state index in [1.807, 2.05) is 18.2 Å². The Kier molecular flexibility index (Phi) is 7.69. The molecule has 5 rings (SSSR count). The van der Waals surface area contributed by atoms with Crippen molar-refractivity contribution in [2.75, 3.05) is 23.4 Å². The van der Waals surface area contributed by atoms with Gasteiger partial charge >= 0.3 is 18.2 Å². The fourth-order valence-corrected chi connectivity index (χ4v) is 5.55. The highest BCUT2D eigenvalue weighted by atomic mass is 19.4. The number of carboxylic acid groups (broad SMARTS) is 1. The van der Waals surface area contributed by atoms with Crippen molar-refractivity contribution in [3.63, 3.8) is 0 Å². The molecule has 2 N–H and O–H groups in total. The Labute approximate surface area is 228 Å². The summed E-state index contributed by atoms with van der Waals surface area (Å²) in [5.74, 6) is -0.723. The molecular formula is C30H28F4N2O4. The first kappa shape index (κ1) is 27.5. The van der Waals surface area contributed by atoms with Crippen LogP contribution in [0.1, 0.15) is 49.1 Å². The number of fused-ring (bicyclic) bond motifs is 1. The Hall–Kier alpha value is -4.08. The van der Waals surface area contributed by atoms with Crippen LogP contribution in [-0.2, 0) is 11.0 Å². The number of nitrogens with one attached hydrogen (secondary N) is 1. The van der Waals surface area contributed by atoms with E-state index in [4.69, 9.17) is 9.84 Å². The molecule has 210 valence electrons. The third kappa shape index (κ3) is 6.05. The predicted octanol–water partition coefficient (Wildman–Crippen LogP) is 7.69. The number of nitrogens with zero attached hydrogens (tertiary/aromatic N) is 1. The topological polar surface area (TPSA) is 78.9 Å². The minimum absolute atomic E-state index is 0.129. The van der Waals surface area contributed by atoms with Crippen LogP contribution in [0.5, 0.6) is 5.75 Å². The quantitative estimate of drug-likeness (QED) is 0.316. The summed E-state index contributed by atoms with van der Waals surface area (Å²) >= 11 is 0. The third-order valence-electron chi connectivity index (χ3n) is 7.62. The SMILES string of the molecule is O=C(O)C[C@H]1CC[C@H](c2ccc(-c3ccc4c(c3)OCCN4C(=O)Nc3ccc(F)cc3C(F)(F)F)cc2)CC1. The van der Waals surface area contributed by atoms with Gasteiger partial charge in [-0.1, -0.05) is 30.3 Å². The lowest BCUT2D eigenvalue weighted by Crippen LogP contribution is -2.41. The summed E-state index contributed by atoms with van der Waals surface area (Å²) in [5.41, 5.74) is 1.64. The van der Waals surface area contributed by atoms with Gasteiger partial charge in [-0.05, 0) is 84.5 Å². The minimum Gasteiger partial charge on any atom is -0.490 e. The van der Waals surface area contributed by atoms with E-state index in [9.17, 15) is 27.2 Å². The zero-order valence-electron chi connectivity index (χ0n) is 21.5. The fourth-order valence-electron chi connectivity index (χ4n) is 5.55. The smallest absolute Gasteiger partial charge is 0.418 e. The summed E-state index contributed by atoms with van der Waals surface area (Å²) in [6, 6.07) is 14.8. The van der Waals surface area contributed by atoms with Crippen LogP contribution in [0.3, 0.4) is 0 Å². The Morgan fingerprint density at radius 3 is 2.33 bits per heavy atom. The van der Waals surface area contributed by atoms with E-state index in [-0.39, 0.29) is 25.5 Å². The predicted molar refractivity (Wildman–Crippen MR) is 142 cm³/mol. The van der Waals surface area contributed by atoms with Crippen LogP contribution >= 0.6 is 0 Å². The van der Waals surface area contributed by atoms with Crippen molar-refractivity contribution in [2.45, 2.75) is 44.2 Å². The van der Waals surface area contributed by atoms with Gasteiger partial charge in [0.05, 0.1) is 23.5 Å². The number of hydrogen-bond acceptors (Lipinski definition) is 3. The van der Waals surface area contributed by atoms with E-state index in [1.165, 1.54) is 10.5 Å². The second-order valence-corrected chi connectivity index (χ2v) is 10.2. The summed E-state index contributed by atoms with van der Waals surface area (Å²) < 4.78 is 59.4. The van der Waals surface area contributed by atoms with Crippen molar-refractivity contribution in [3.8, 4) is 16.9 Å². The molecule has 0 saturated heterocycles. The van der Waals surface area contributed by atoms with Crippen molar-refractivity contribution >= 4 is 23.4 Å². The largest absolute Gasteiger partial charge is 0.490 e. The van der Waals surface area contributed by atoms with Gasteiger partial charge in [-0.2, -0.15) is 13.2 Å². The number of anilines is 2. The van der Waals surface area contributed by atoms with Gasteiger partial charge in [0, 0.05) is 6.42 Å². The lowest BCUT2D eigenvalue weighted by molar-refractivity contribution is -0.138. The molecule has 1 aliphatic heterocycles. The van der Waals surface area contributed by atoms with Gasteiger partial charge < -0.3 is 15.2 Å². The van der Waals surface area contributed by atoms with Crippen molar-refractivity contribution in [2.24, 2.45) is 5.92 Å². The maximum absolute atomic E-state index is 13.5. The van der Waals surface area contributed by atoms with E-state index >= 15 is 0 Å². The maximum Gasteiger partial charge on any atom is 0.418 e. The normalized spacial score (nSPS) is 18.9. The second-order valence-electron chi connectivity index (χ2n) is 10.2. The molecule has 3 aromatic carbocycles. The highest BCUT2D eigenvalue weighted by Crippen LogP contribution is 2.40. The van der Waals surface area contributed by atoms with E-state index in [1.54, 1.807) is 12.1 Å². The summed E-state index contributed by atoms with van der Waals surface area (Å²) in [7, 11) is 0. The highest BCUT2D eigenvalue weighted by molar-refractivity contribution is 6.03. The molecule has 3 aromatic rings. The number of carbonyl (C=O) groups is 2. The average Bonchev–Trinajstić information content (AvgIpc) is 2.93. The molecule has 2 aliphatic rings. The summed E-state index contributed by atoms with van der Waals surface area (Å²) in [6.45, 7) is 0.285. The monoisotopic (exact) mass is 556 g/mol. The van der Waals surface area contributed by atoms with Crippen LogP contribution in [0.25, 0.3) is 11.1 Å². The first-order chi connectivity index (χ1) is 19.1. The van der Waals surface area contributed by atoms with Gasteiger partial charge in [0.25, 0.3) is 0 Å². The lowest BCUT2D eigenvalue weighted by Gasteiger charge is -2.30. The highest BCUT2D eigenvalue weighted by Gasteiger charge is 2.35. The van der Waals surface area contributed by atoms with Gasteiger partial charge in [-0.3, -0.25) is 9.69 Å². The number of rotatable bonds is 5. The van der Waals surface area contributed by atoms with Crippen LogP contribution in [0.4, 0.5) is 33.7 Å². The van der Waals surface area contributed by atoms with Gasteiger partial charge in [-0.25, -0.2) is 9.18 Å². The summed E-state index contributed by atoms with van der Waals surface area (Å²) in [6.07, 6.45) is -0.869. The Bertz CT molecular complexity index is 1400. The molecule has 0 radical (unpaired) electrons. The number of carboxylic acids is 1. The molecule has 6 nitrogen and oxygen atoms in total. The Balaban J connectivity index is 1.29. The number of hydrogen-bond donors (Lipinski definition) is 2. The average molecular weight is 557 g/mol. The number of alkyl halides is 3. The number of carbonyl (C=O) groups excluding carboxylic acids is 1. The van der Waals surface area contributed by atoms with Crippen LogP contribution in [0, 0.1) is 11.7 Å². The molecule has 10 heteroatoms. The zero-order chi connectivity index (χ0) is 28.4. The third-order valence-corrected chi connectivity index (χ3v) is 7.62. The number of aliphatic carboxylic acids is 1. The van der Waals surface area contributed by atoms with Gasteiger partial charge in [0.15, 0.2) is 0 Å². The number of benzene rings is 3. The molecule has 0 bridgehead atoms. The number of ether oxygens (including phenoxy) is 1. The van der Waals surface area contributed by atoms with E-state index in [0.717, 1.165) is 48.9 Å². The van der Waals surface area contributed by atoms with Gasteiger partial charge in [0.2, 0.25) is 0 Å². The second kappa shape index (κ2) is 11.2. The number of urea groups is 1. The summed E-state index contributed by atoms with van der Waals surface area (Å²) in [5, 5.41) is 11.3. The first-order valence-corrected chi connectivity index (χ1v) is 13.1. The van der Waals surface area contributed by atoms with Crippen LogP contribution < -0.4 is 15.0 Å². The van der Waals surface area contributed by atoms with Crippen molar-refractivity contribution in [3.05, 3.63) is 77.6 Å². The van der Waals surface area contributed by atoms with Crippen LogP contribution in [0.2, 0.25) is 0 Å². The van der Waals surface area contributed by atoms with Crippen molar-refractivity contribution in [1.29, 1.82) is 0 Å². The molecule has 1 fully saturated rings. The molecule has 0 aromatic heterocycles. The number of halogens is 4. The van der Waals surface area contributed by atoms with Crippen molar-refractivity contribution < 1.29 is 37.0 Å². The molecule has 1 aliphatic carbocycles. The van der Waals surface area contributed by atoms with E-state index < -0.39 is 35.2 Å². The maximum atomic E-state index is 13.5. The molecule has 1 heterocycles. The number of amides is 2. The Morgan fingerprint density at radius 1 is 0.950 bits per heavy atom. The van der Waals surface area contributed by atoms with Crippen LogP contribution in [-0.4, -0.2) is 30.3 Å². The summed E-state index contributed by atoms with van der Waals surface area (Å²) in [4.78, 5) is 25.3. The molecule has 0 spiro atoms. The molecule has 0 unspecified atom stereocenters. The van der Waals surface area contributed by atoms with E-state index in [2.05, 4.69) is 17.4 Å². The standard InChI is InChI=1S/C30H28F4N2O4/c31-23-10-11-25(24(17-23)30(32,33)34)35-29(39)36-13-14-40-27-16-22(9-12-26(27)36)21-7-5-20(6-8-21)19-3-1-18(2-4-19)15-28(37)38/h5-12,16-19H,1-4,13-15H2,(H,35,39)(H,37,38)/t18-,19-. The van der Waals surface area contributed by atoms with E-state index in [0.29, 0.717) is 23.4 Å². The molecule has 2 amide bonds.